The van der Waals surface area contributed by atoms with Gasteiger partial charge in [0.05, 0.1) is 0 Å². The number of rotatable bonds is 11. The van der Waals surface area contributed by atoms with Gasteiger partial charge in [0.1, 0.15) is 0 Å². The molecule has 0 aliphatic carbocycles. The van der Waals surface area contributed by atoms with Gasteiger partial charge < -0.3 is 24.3 Å². The summed E-state index contributed by atoms with van der Waals surface area (Å²) in [7, 11) is -10.7. The fourth-order valence-electron chi connectivity index (χ4n) is 2.73. The Kier molecular flexibility index (Phi) is 9.59. The molecule has 7 nitrogen and oxygen atoms in total. The van der Waals surface area contributed by atoms with Gasteiger partial charge in [-0.3, -0.25) is 9.13 Å². The Balaban J connectivity index is 3.00. The van der Waals surface area contributed by atoms with Crippen molar-refractivity contribution in [2.45, 2.75) is 51.5 Å². The molecule has 0 heterocycles. The molecule has 1 atom stereocenters. The third kappa shape index (κ3) is 7.40. The van der Waals surface area contributed by atoms with E-state index in [1.807, 2.05) is 20.8 Å². The van der Waals surface area contributed by atoms with Crippen LogP contribution in [0.1, 0.15) is 45.6 Å². The van der Waals surface area contributed by atoms with Gasteiger partial charge in [-0.25, -0.2) is 0 Å². The molecule has 0 spiro atoms. The summed E-state index contributed by atoms with van der Waals surface area (Å²) in [5.41, 5.74) is 1.46. The average Bonchev–Trinajstić information content (AvgIpc) is 2.51. The summed E-state index contributed by atoms with van der Waals surface area (Å²) < 4.78 is 29.6. The Labute approximate surface area is 171 Å². The van der Waals surface area contributed by atoms with E-state index in [1.165, 1.54) is 23.8 Å². The maximum absolute atomic E-state index is 12.1. The van der Waals surface area contributed by atoms with Crippen LogP contribution in [-0.2, 0) is 20.3 Å². The molecule has 0 saturated carbocycles. The van der Waals surface area contributed by atoms with Crippen LogP contribution in [0.2, 0.25) is 5.02 Å². The van der Waals surface area contributed by atoms with Crippen molar-refractivity contribution < 1.29 is 33.4 Å². The molecule has 4 N–H and O–H groups in total. The predicted molar refractivity (Wildman–Crippen MR) is 110 cm³/mol. The van der Waals surface area contributed by atoms with Crippen molar-refractivity contribution in [2.24, 2.45) is 5.92 Å². The lowest BCUT2D eigenvalue weighted by molar-refractivity contribution is 0.0299. The van der Waals surface area contributed by atoms with Gasteiger partial charge in [0, 0.05) is 18.1 Å². The van der Waals surface area contributed by atoms with E-state index in [-0.39, 0.29) is 23.1 Å². The zero-order valence-electron chi connectivity index (χ0n) is 16.3. The van der Waals surface area contributed by atoms with E-state index in [2.05, 4.69) is 6.08 Å². The summed E-state index contributed by atoms with van der Waals surface area (Å²) in [5.74, 6) is 0.160. The zero-order chi connectivity index (χ0) is 21.6. The summed E-state index contributed by atoms with van der Waals surface area (Å²) in [4.78, 5) is 39.3. The summed E-state index contributed by atoms with van der Waals surface area (Å²) in [6, 6.07) is 5.97. The molecule has 0 unspecified atom stereocenters. The van der Waals surface area contributed by atoms with Crippen LogP contribution in [0.3, 0.4) is 0 Å². The van der Waals surface area contributed by atoms with Crippen LogP contribution >= 0.6 is 26.8 Å². The minimum atomic E-state index is -5.34. The molecule has 160 valence electrons. The molecule has 1 rings (SSSR count). The van der Waals surface area contributed by atoms with Gasteiger partial charge in [0.25, 0.3) is 5.08 Å². The van der Waals surface area contributed by atoms with Crippen LogP contribution in [0.5, 0.6) is 0 Å². The Morgan fingerprint density at radius 2 is 1.79 bits per heavy atom. The van der Waals surface area contributed by atoms with Crippen molar-refractivity contribution in [3.63, 3.8) is 0 Å². The van der Waals surface area contributed by atoms with Gasteiger partial charge in [0.2, 0.25) is 0 Å². The third-order valence-corrected chi connectivity index (χ3v) is 8.58. The molecule has 0 amide bonds. The fourth-order valence-corrected chi connectivity index (χ4v) is 5.60. The topological polar surface area (TPSA) is 124 Å². The van der Waals surface area contributed by atoms with E-state index >= 15 is 0 Å². The highest BCUT2D eigenvalue weighted by Gasteiger charge is 2.61. The molecule has 0 aromatic heterocycles. The first-order valence-corrected chi connectivity index (χ1v) is 12.5. The molecule has 0 fully saturated rings. The molecule has 28 heavy (non-hydrogen) atoms. The van der Waals surface area contributed by atoms with Crippen LogP contribution in [0, 0.1) is 5.92 Å². The van der Waals surface area contributed by atoms with Crippen LogP contribution in [0.4, 0.5) is 0 Å². The number of hydrogen-bond donors (Lipinski definition) is 4. The van der Waals surface area contributed by atoms with Gasteiger partial charge in [-0.15, -0.1) is 0 Å². The summed E-state index contributed by atoms with van der Waals surface area (Å²) in [6.45, 7) is 5.76. The van der Waals surface area contributed by atoms with Crippen molar-refractivity contribution in [1.82, 2.24) is 0 Å². The second-order valence-electron chi connectivity index (χ2n) is 7.24. The monoisotopic (exact) mass is 454 g/mol. The van der Waals surface area contributed by atoms with E-state index in [0.29, 0.717) is 6.42 Å². The highest BCUT2D eigenvalue weighted by Crippen LogP contribution is 2.70. The molecular weight excluding hydrogens is 426 g/mol. The van der Waals surface area contributed by atoms with E-state index in [9.17, 15) is 28.7 Å². The van der Waals surface area contributed by atoms with Gasteiger partial charge >= 0.3 is 15.2 Å². The zero-order valence-corrected chi connectivity index (χ0v) is 18.8. The standard InChI is InChI=1S/C18H29ClO7P2/c1-14(2)6-4-7-15(3)10-11-26-18(27(20,21)22,28(23,24)25)13-16-8-5-9-17(19)12-16/h5-6,8-9,12,15H,4,7,10-11,13H2,1-3H3,(H2,20,21,22)(H2,23,24,25)/t15-/m0/s1. The van der Waals surface area contributed by atoms with Gasteiger partial charge in [-0.2, -0.15) is 0 Å². The Morgan fingerprint density at radius 1 is 1.18 bits per heavy atom. The maximum atomic E-state index is 12.1. The molecule has 0 radical (unpaired) electrons. The van der Waals surface area contributed by atoms with Crippen molar-refractivity contribution in [1.29, 1.82) is 0 Å². The third-order valence-electron chi connectivity index (χ3n) is 4.39. The van der Waals surface area contributed by atoms with Gasteiger partial charge in [0.15, 0.2) is 0 Å². The average molecular weight is 455 g/mol. The van der Waals surface area contributed by atoms with Crippen LogP contribution < -0.4 is 0 Å². The minimum Gasteiger partial charge on any atom is -0.352 e. The molecular formula is C18H29ClO7P2. The molecule has 0 bridgehead atoms. The molecule has 10 heteroatoms. The summed E-state index contributed by atoms with van der Waals surface area (Å²) in [6.07, 6.45) is 3.53. The second-order valence-corrected chi connectivity index (χ2v) is 11.6. The predicted octanol–water partition coefficient (Wildman–Crippen LogP) is 4.68. The second kappa shape index (κ2) is 10.5. The lowest BCUT2D eigenvalue weighted by Crippen LogP contribution is -2.36. The van der Waals surface area contributed by atoms with E-state index < -0.39 is 26.7 Å². The van der Waals surface area contributed by atoms with Crippen molar-refractivity contribution in [2.75, 3.05) is 6.61 Å². The molecule has 0 aliphatic rings. The Bertz CT molecular complexity index is 743. The number of ether oxygens (including phenoxy) is 1. The lowest BCUT2D eigenvalue weighted by Gasteiger charge is -2.34. The molecule has 0 saturated heterocycles. The normalized spacial score (nSPS) is 14.0. The highest BCUT2D eigenvalue weighted by molar-refractivity contribution is 7.72. The first-order chi connectivity index (χ1) is 12.8. The Hall–Kier alpha value is -0.490. The first-order valence-electron chi connectivity index (χ1n) is 8.91. The van der Waals surface area contributed by atoms with Crippen LogP contribution in [-0.4, -0.2) is 31.3 Å². The van der Waals surface area contributed by atoms with Crippen molar-refractivity contribution in [3.05, 3.63) is 46.5 Å². The SMILES string of the molecule is CC(C)=CCC[C@H](C)CCOC(Cc1cccc(Cl)c1)(P(=O)(O)O)P(=O)(O)O. The number of allylic oxidation sites excluding steroid dienone is 2. The largest absolute Gasteiger partial charge is 0.370 e. The fraction of sp³-hybridized carbons (Fsp3) is 0.556. The van der Waals surface area contributed by atoms with E-state index in [4.69, 9.17) is 16.3 Å². The molecule has 0 aliphatic heterocycles. The lowest BCUT2D eigenvalue weighted by atomic mass is 10.0. The highest BCUT2D eigenvalue weighted by atomic mass is 35.5. The van der Waals surface area contributed by atoms with Crippen molar-refractivity contribution in [3.8, 4) is 0 Å². The quantitative estimate of drug-likeness (QED) is 0.282. The summed E-state index contributed by atoms with van der Waals surface area (Å²) in [5, 5.41) is -2.65. The van der Waals surface area contributed by atoms with Gasteiger partial charge in [-0.1, -0.05) is 42.3 Å². The van der Waals surface area contributed by atoms with Crippen LogP contribution in [0.15, 0.2) is 35.9 Å². The van der Waals surface area contributed by atoms with Crippen LogP contribution in [0.25, 0.3) is 0 Å². The molecule has 1 aromatic rings. The minimum absolute atomic E-state index is 0.160. The smallest absolute Gasteiger partial charge is 0.352 e. The molecule has 1 aromatic carbocycles. The number of hydrogen-bond acceptors (Lipinski definition) is 3. The van der Waals surface area contributed by atoms with E-state index in [0.717, 1.165) is 12.8 Å². The van der Waals surface area contributed by atoms with Gasteiger partial charge in [-0.05, 0) is 56.7 Å². The maximum Gasteiger partial charge on any atom is 0.370 e. The van der Waals surface area contributed by atoms with Crippen molar-refractivity contribution >= 4 is 26.8 Å². The Morgan fingerprint density at radius 3 is 2.29 bits per heavy atom. The first kappa shape index (κ1) is 25.5. The number of benzene rings is 1. The summed E-state index contributed by atoms with van der Waals surface area (Å²) >= 11 is 5.89. The van der Waals surface area contributed by atoms with E-state index in [1.54, 1.807) is 6.07 Å². The number of halogens is 1.